The zero-order valence-corrected chi connectivity index (χ0v) is 14.5. The molecule has 0 spiro atoms. The van der Waals surface area contributed by atoms with Crippen molar-refractivity contribution >= 4 is 22.6 Å². The second-order valence-corrected chi connectivity index (χ2v) is 5.95. The molecule has 7 heteroatoms. The summed E-state index contributed by atoms with van der Waals surface area (Å²) in [6.07, 6.45) is 4.17. The highest BCUT2D eigenvalue weighted by Gasteiger charge is 2.17. The van der Waals surface area contributed by atoms with Crippen LogP contribution in [0.1, 0.15) is 30.9 Å². The Morgan fingerprint density at radius 1 is 1.35 bits per heavy atom. The van der Waals surface area contributed by atoms with E-state index in [-0.39, 0.29) is 30.0 Å². The number of amides is 1. The van der Waals surface area contributed by atoms with Gasteiger partial charge >= 0.3 is 0 Å². The van der Waals surface area contributed by atoms with Crippen LogP contribution in [-0.2, 0) is 11.2 Å². The zero-order chi connectivity index (χ0) is 18.7. The quantitative estimate of drug-likeness (QED) is 0.694. The van der Waals surface area contributed by atoms with E-state index in [9.17, 15) is 13.6 Å². The number of H-pyrrole nitrogens is 1. The molecule has 3 rings (SSSR count). The van der Waals surface area contributed by atoms with E-state index in [1.54, 1.807) is 18.5 Å². The first-order chi connectivity index (χ1) is 12.5. The Labute approximate surface area is 149 Å². The van der Waals surface area contributed by atoms with Gasteiger partial charge in [-0.2, -0.15) is 0 Å². The smallest absolute Gasteiger partial charge is 0.224 e. The molecule has 2 N–H and O–H groups in total. The van der Waals surface area contributed by atoms with Crippen LogP contribution in [0.5, 0.6) is 5.75 Å². The van der Waals surface area contributed by atoms with E-state index in [0.717, 1.165) is 11.5 Å². The minimum absolute atomic E-state index is 0.0179. The Morgan fingerprint density at radius 3 is 2.88 bits per heavy atom. The SMILES string of the molecule is CCCC(=O)Nc1ccc(F)c(Cc2c[nH]c3ncc(OC)cc23)c1F. The van der Waals surface area contributed by atoms with Crippen LogP contribution in [0.4, 0.5) is 14.5 Å². The van der Waals surface area contributed by atoms with Crippen molar-refractivity contribution in [3.8, 4) is 5.75 Å². The van der Waals surface area contributed by atoms with Gasteiger partial charge in [-0.3, -0.25) is 4.79 Å². The normalized spacial score (nSPS) is 10.9. The molecule has 5 nitrogen and oxygen atoms in total. The van der Waals surface area contributed by atoms with Gasteiger partial charge in [-0.05, 0) is 30.2 Å². The maximum Gasteiger partial charge on any atom is 0.224 e. The Bertz CT molecular complexity index is 953. The fourth-order valence-corrected chi connectivity index (χ4v) is 2.78. The van der Waals surface area contributed by atoms with E-state index in [4.69, 9.17) is 4.74 Å². The average Bonchev–Trinajstić information content (AvgIpc) is 3.03. The van der Waals surface area contributed by atoms with Crippen LogP contribution in [-0.4, -0.2) is 23.0 Å². The van der Waals surface area contributed by atoms with E-state index >= 15 is 0 Å². The Hall–Kier alpha value is -2.96. The highest BCUT2D eigenvalue weighted by atomic mass is 19.1. The van der Waals surface area contributed by atoms with E-state index in [0.29, 0.717) is 23.4 Å². The van der Waals surface area contributed by atoms with E-state index in [2.05, 4.69) is 15.3 Å². The molecule has 3 aromatic rings. The number of halogens is 2. The van der Waals surface area contributed by atoms with Gasteiger partial charge in [-0.25, -0.2) is 13.8 Å². The topological polar surface area (TPSA) is 67.0 Å². The Kier molecular flexibility index (Phi) is 5.16. The van der Waals surface area contributed by atoms with Crippen LogP contribution in [0, 0.1) is 11.6 Å². The number of benzene rings is 1. The minimum Gasteiger partial charge on any atom is -0.495 e. The molecule has 1 aromatic carbocycles. The monoisotopic (exact) mass is 359 g/mol. The largest absolute Gasteiger partial charge is 0.495 e. The summed E-state index contributed by atoms with van der Waals surface area (Å²) in [5.74, 6) is -1.18. The molecule has 136 valence electrons. The molecular weight excluding hydrogens is 340 g/mol. The number of rotatable bonds is 6. The van der Waals surface area contributed by atoms with Crippen LogP contribution < -0.4 is 10.1 Å². The van der Waals surface area contributed by atoms with Gasteiger partial charge in [0.2, 0.25) is 5.91 Å². The minimum atomic E-state index is -0.764. The molecule has 0 atom stereocenters. The summed E-state index contributed by atoms with van der Waals surface area (Å²) in [4.78, 5) is 18.9. The van der Waals surface area contributed by atoms with Gasteiger partial charge in [0.05, 0.1) is 19.0 Å². The first-order valence-electron chi connectivity index (χ1n) is 8.30. The number of aromatic nitrogens is 2. The Morgan fingerprint density at radius 2 is 2.15 bits per heavy atom. The Balaban J connectivity index is 1.96. The lowest BCUT2D eigenvalue weighted by Gasteiger charge is -2.11. The van der Waals surface area contributed by atoms with Crippen molar-refractivity contribution in [2.24, 2.45) is 0 Å². The summed E-state index contributed by atoms with van der Waals surface area (Å²) >= 11 is 0. The third-order valence-electron chi connectivity index (χ3n) is 4.13. The lowest BCUT2D eigenvalue weighted by atomic mass is 10.0. The number of carbonyl (C=O) groups is 1. The van der Waals surface area contributed by atoms with Crippen molar-refractivity contribution < 1.29 is 18.3 Å². The number of methoxy groups -OCH3 is 1. The van der Waals surface area contributed by atoms with Gasteiger partial charge in [0, 0.05) is 30.0 Å². The number of pyridine rings is 1. The number of carbonyl (C=O) groups excluding carboxylic acids is 1. The standard InChI is InChI=1S/C19H19F2N3O2/c1-3-4-17(25)24-16-6-5-15(20)14(18(16)21)7-11-9-22-19-13(11)8-12(26-2)10-23-19/h5-6,8-10H,3-4,7H2,1-2H3,(H,22,23)(H,24,25). The summed E-state index contributed by atoms with van der Waals surface area (Å²) in [7, 11) is 1.52. The second kappa shape index (κ2) is 7.51. The van der Waals surface area contributed by atoms with Crippen molar-refractivity contribution in [2.45, 2.75) is 26.2 Å². The molecule has 0 fully saturated rings. The maximum absolute atomic E-state index is 14.8. The molecule has 0 radical (unpaired) electrons. The molecular formula is C19H19F2N3O2. The molecule has 0 saturated heterocycles. The number of nitrogens with one attached hydrogen (secondary N) is 2. The van der Waals surface area contributed by atoms with E-state index < -0.39 is 11.6 Å². The first-order valence-corrected chi connectivity index (χ1v) is 8.30. The molecule has 0 saturated carbocycles. The molecule has 0 aliphatic carbocycles. The number of anilines is 1. The van der Waals surface area contributed by atoms with E-state index in [1.807, 2.05) is 6.92 Å². The molecule has 2 heterocycles. The number of nitrogens with zero attached hydrogens (tertiary/aromatic N) is 1. The van der Waals surface area contributed by atoms with Gasteiger partial charge in [0.1, 0.15) is 17.2 Å². The van der Waals surface area contributed by atoms with Gasteiger partial charge in [0.15, 0.2) is 5.82 Å². The number of hydrogen-bond donors (Lipinski definition) is 2. The molecule has 2 aromatic heterocycles. The van der Waals surface area contributed by atoms with Crippen molar-refractivity contribution in [1.29, 1.82) is 0 Å². The molecule has 0 aliphatic rings. The predicted molar refractivity (Wildman–Crippen MR) is 95.3 cm³/mol. The van der Waals surface area contributed by atoms with Crippen LogP contribution in [0.15, 0.2) is 30.6 Å². The second-order valence-electron chi connectivity index (χ2n) is 5.95. The number of aromatic amines is 1. The summed E-state index contributed by atoms with van der Waals surface area (Å²) in [5, 5.41) is 3.22. The summed E-state index contributed by atoms with van der Waals surface area (Å²) in [5.41, 5.74) is 1.16. The zero-order valence-electron chi connectivity index (χ0n) is 14.5. The number of hydrogen-bond acceptors (Lipinski definition) is 3. The first kappa shape index (κ1) is 17.8. The number of fused-ring (bicyclic) bond motifs is 1. The molecule has 0 unspecified atom stereocenters. The fraction of sp³-hybridized carbons (Fsp3) is 0.263. The summed E-state index contributed by atoms with van der Waals surface area (Å²) in [6.45, 7) is 1.85. The summed E-state index contributed by atoms with van der Waals surface area (Å²) < 4.78 is 34.2. The van der Waals surface area contributed by atoms with Crippen LogP contribution >= 0.6 is 0 Å². The van der Waals surface area contributed by atoms with Gasteiger partial charge in [-0.15, -0.1) is 0 Å². The molecule has 0 bridgehead atoms. The van der Waals surface area contributed by atoms with Crippen molar-refractivity contribution in [2.75, 3.05) is 12.4 Å². The maximum atomic E-state index is 14.8. The average molecular weight is 359 g/mol. The number of ether oxygens (including phenoxy) is 1. The summed E-state index contributed by atoms with van der Waals surface area (Å²) in [6, 6.07) is 4.16. The van der Waals surface area contributed by atoms with Crippen molar-refractivity contribution in [1.82, 2.24) is 9.97 Å². The van der Waals surface area contributed by atoms with Crippen LogP contribution in [0.3, 0.4) is 0 Å². The third-order valence-corrected chi connectivity index (χ3v) is 4.13. The molecule has 26 heavy (non-hydrogen) atoms. The lowest BCUT2D eigenvalue weighted by molar-refractivity contribution is -0.116. The van der Waals surface area contributed by atoms with E-state index in [1.165, 1.54) is 13.2 Å². The van der Waals surface area contributed by atoms with Crippen LogP contribution in [0.2, 0.25) is 0 Å². The van der Waals surface area contributed by atoms with Crippen LogP contribution in [0.25, 0.3) is 11.0 Å². The predicted octanol–water partition coefficient (Wildman–Crippen LogP) is 4.18. The fourth-order valence-electron chi connectivity index (χ4n) is 2.78. The highest BCUT2D eigenvalue weighted by molar-refractivity contribution is 5.91. The molecule has 1 amide bonds. The van der Waals surface area contributed by atoms with Gasteiger partial charge in [0.25, 0.3) is 0 Å². The molecule has 0 aliphatic heterocycles. The van der Waals surface area contributed by atoms with Crippen molar-refractivity contribution in [3.05, 3.63) is 53.4 Å². The van der Waals surface area contributed by atoms with Crippen molar-refractivity contribution in [3.63, 3.8) is 0 Å². The van der Waals surface area contributed by atoms with Gasteiger partial charge in [-0.1, -0.05) is 6.92 Å². The highest BCUT2D eigenvalue weighted by Crippen LogP contribution is 2.28. The third kappa shape index (κ3) is 3.51. The lowest BCUT2D eigenvalue weighted by Crippen LogP contribution is -2.13. The van der Waals surface area contributed by atoms with Gasteiger partial charge < -0.3 is 15.0 Å².